The van der Waals surface area contributed by atoms with Gasteiger partial charge in [0.25, 0.3) is 5.91 Å². The third-order valence-electron chi connectivity index (χ3n) is 2.66. The Morgan fingerprint density at radius 1 is 1.43 bits per heavy atom. The van der Waals surface area contributed by atoms with E-state index in [1.54, 1.807) is 6.07 Å². The lowest BCUT2D eigenvalue weighted by Crippen LogP contribution is -2.14. The number of rotatable bonds is 4. The number of hydrogen-bond acceptors (Lipinski definition) is 5. The maximum absolute atomic E-state index is 12.0. The van der Waals surface area contributed by atoms with Gasteiger partial charge in [0.1, 0.15) is 12.3 Å². The van der Waals surface area contributed by atoms with E-state index in [2.05, 4.69) is 15.6 Å². The van der Waals surface area contributed by atoms with Crippen LogP contribution in [0.2, 0.25) is 0 Å². The highest BCUT2D eigenvalue weighted by atomic mass is 16.5. The van der Waals surface area contributed by atoms with Crippen LogP contribution in [0.15, 0.2) is 22.9 Å². The van der Waals surface area contributed by atoms with Gasteiger partial charge >= 0.3 is 5.97 Å². The van der Waals surface area contributed by atoms with E-state index >= 15 is 0 Å². The van der Waals surface area contributed by atoms with E-state index in [1.807, 2.05) is 20.8 Å². The minimum absolute atomic E-state index is 0.146. The number of aromatic nitrogens is 3. The van der Waals surface area contributed by atoms with Crippen LogP contribution in [0.3, 0.4) is 0 Å². The Balaban J connectivity index is 2.06. The highest BCUT2D eigenvalue weighted by Gasteiger charge is 2.22. The maximum Gasteiger partial charge on any atom is 0.325 e. The molecule has 0 aliphatic rings. The number of amides is 1. The van der Waals surface area contributed by atoms with Gasteiger partial charge in [-0.3, -0.25) is 14.3 Å². The van der Waals surface area contributed by atoms with Crippen molar-refractivity contribution in [2.24, 2.45) is 0 Å². The van der Waals surface area contributed by atoms with E-state index in [1.165, 1.54) is 16.9 Å². The van der Waals surface area contributed by atoms with Crippen LogP contribution in [-0.4, -0.2) is 31.9 Å². The molecular formula is C13H16N4O4. The molecular weight excluding hydrogens is 276 g/mol. The number of carboxylic acid groups (broad SMARTS) is 1. The molecule has 21 heavy (non-hydrogen) atoms. The number of aliphatic carboxylic acids is 1. The molecule has 1 amide bonds. The molecule has 2 heterocycles. The summed E-state index contributed by atoms with van der Waals surface area (Å²) < 4.78 is 6.34. The van der Waals surface area contributed by atoms with Crippen molar-refractivity contribution >= 4 is 17.7 Å². The summed E-state index contributed by atoms with van der Waals surface area (Å²) in [5, 5.41) is 18.8. The third kappa shape index (κ3) is 3.68. The quantitative estimate of drug-likeness (QED) is 0.883. The molecule has 2 aromatic heterocycles. The van der Waals surface area contributed by atoms with Gasteiger partial charge in [0.2, 0.25) is 0 Å². The molecule has 112 valence electrons. The topological polar surface area (TPSA) is 110 Å². The molecule has 0 aliphatic heterocycles. The third-order valence-corrected chi connectivity index (χ3v) is 2.66. The molecule has 8 nitrogen and oxygen atoms in total. The summed E-state index contributed by atoms with van der Waals surface area (Å²) in [7, 11) is 0. The maximum atomic E-state index is 12.0. The van der Waals surface area contributed by atoms with Gasteiger partial charge in [-0.15, -0.1) is 0 Å². The average Bonchev–Trinajstić information content (AvgIpc) is 2.96. The Hall–Kier alpha value is -2.64. The Morgan fingerprint density at radius 3 is 2.71 bits per heavy atom. The smallest absolute Gasteiger partial charge is 0.325 e. The molecule has 0 aromatic carbocycles. The predicted octanol–water partition coefficient (Wildman–Crippen LogP) is 1.51. The van der Waals surface area contributed by atoms with Crippen molar-refractivity contribution in [3.05, 3.63) is 29.8 Å². The van der Waals surface area contributed by atoms with Gasteiger partial charge in [0.05, 0.1) is 0 Å². The second-order valence-corrected chi connectivity index (χ2v) is 5.57. The van der Waals surface area contributed by atoms with E-state index < -0.39 is 11.9 Å². The van der Waals surface area contributed by atoms with Crippen LogP contribution >= 0.6 is 0 Å². The Morgan fingerprint density at radius 2 is 2.14 bits per heavy atom. The molecule has 2 rings (SSSR count). The Kier molecular flexibility index (Phi) is 3.79. The van der Waals surface area contributed by atoms with Crippen LogP contribution in [0.1, 0.15) is 37.0 Å². The fraction of sp³-hybridized carbons (Fsp3) is 0.385. The van der Waals surface area contributed by atoms with Gasteiger partial charge in [0.15, 0.2) is 11.5 Å². The van der Waals surface area contributed by atoms with Gasteiger partial charge in [0, 0.05) is 23.7 Å². The van der Waals surface area contributed by atoms with Crippen molar-refractivity contribution in [2.75, 3.05) is 5.32 Å². The first-order valence-corrected chi connectivity index (χ1v) is 6.29. The molecule has 8 heteroatoms. The fourth-order valence-electron chi connectivity index (χ4n) is 1.57. The van der Waals surface area contributed by atoms with Crippen molar-refractivity contribution < 1.29 is 19.2 Å². The average molecular weight is 292 g/mol. The minimum Gasteiger partial charge on any atom is -0.480 e. The summed E-state index contributed by atoms with van der Waals surface area (Å²) >= 11 is 0. The highest BCUT2D eigenvalue weighted by Crippen LogP contribution is 2.22. The lowest BCUT2D eigenvalue weighted by atomic mass is 9.93. The number of nitrogens with zero attached hydrogens (tertiary/aromatic N) is 3. The van der Waals surface area contributed by atoms with Gasteiger partial charge < -0.3 is 14.9 Å². The predicted molar refractivity (Wildman–Crippen MR) is 73.0 cm³/mol. The standard InChI is InChI=1S/C13H16N4O4/c1-13(2,3)9-6-8(16-21-9)12(20)14-10-4-5-17(15-10)7-11(18)19/h4-6H,7H2,1-3H3,(H,18,19)(H,14,15,20). The largest absolute Gasteiger partial charge is 0.480 e. The zero-order chi connectivity index (χ0) is 15.6. The molecule has 0 fully saturated rings. The summed E-state index contributed by atoms with van der Waals surface area (Å²) in [6.07, 6.45) is 1.47. The zero-order valence-corrected chi connectivity index (χ0v) is 12.0. The molecule has 0 radical (unpaired) electrons. The Labute approximate surface area is 120 Å². The second-order valence-electron chi connectivity index (χ2n) is 5.57. The first-order chi connectivity index (χ1) is 9.75. The van der Waals surface area contributed by atoms with Gasteiger partial charge in [-0.1, -0.05) is 25.9 Å². The van der Waals surface area contributed by atoms with Gasteiger partial charge in [-0.25, -0.2) is 0 Å². The van der Waals surface area contributed by atoms with E-state index in [-0.39, 0.29) is 23.5 Å². The molecule has 0 saturated heterocycles. The minimum atomic E-state index is -1.01. The van der Waals surface area contributed by atoms with Gasteiger partial charge in [-0.2, -0.15) is 5.10 Å². The molecule has 0 spiro atoms. The van der Waals surface area contributed by atoms with Crippen molar-refractivity contribution in [2.45, 2.75) is 32.7 Å². The SMILES string of the molecule is CC(C)(C)c1cc(C(=O)Nc2ccn(CC(=O)O)n2)no1. The zero-order valence-electron chi connectivity index (χ0n) is 12.0. The molecule has 0 saturated carbocycles. The fourth-order valence-corrected chi connectivity index (χ4v) is 1.57. The van der Waals surface area contributed by atoms with Crippen LogP contribution < -0.4 is 5.32 Å². The number of anilines is 1. The van der Waals surface area contributed by atoms with E-state index in [9.17, 15) is 9.59 Å². The van der Waals surface area contributed by atoms with Crippen LogP contribution in [0.25, 0.3) is 0 Å². The summed E-state index contributed by atoms with van der Waals surface area (Å²) in [5.74, 6) is -0.622. The normalized spacial score (nSPS) is 11.4. The Bertz CT molecular complexity index is 666. The first-order valence-electron chi connectivity index (χ1n) is 6.29. The number of carboxylic acids is 1. The molecule has 0 unspecified atom stereocenters. The van der Waals surface area contributed by atoms with Gasteiger partial charge in [-0.05, 0) is 0 Å². The lowest BCUT2D eigenvalue weighted by Gasteiger charge is -2.12. The summed E-state index contributed by atoms with van der Waals surface area (Å²) in [6.45, 7) is 5.57. The lowest BCUT2D eigenvalue weighted by molar-refractivity contribution is -0.137. The van der Waals surface area contributed by atoms with E-state index in [0.717, 1.165) is 0 Å². The molecule has 2 N–H and O–H groups in total. The van der Waals surface area contributed by atoms with Crippen molar-refractivity contribution in [1.82, 2.24) is 14.9 Å². The highest BCUT2D eigenvalue weighted by molar-refractivity contribution is 6.02. The van der Waals surface area contributed by atoms with E-state index in [4.69, 9.17) is 9.63 Å². The molecule has 0 atom stereocenters. The number of hydrogen-bond donors (Lipinski definition) is 2. The molecule has 0 aliphatic carbocycles. The summed E-state index contributed by atoms with van der Waals surface area (Å²) in [5.41, 5.74) is -0.0954. The summed E-state index contributed by atoms with van der Waals surface area (Å²) in [6, 6.07) is 3.08. The van der Waals surface area contributed by atoms with Crippen molar-refractivity contribution in [1.29, 1.82) is 0 Å². The van der Waals surface area contributed by atoms with Crippen LogP contribution in [0.4, 0.5) is 5.82 Å². The van der Waals surface area contributed by atoms with Crippen molar-refractivity contribution in [3.8, 4) is 0 Å². The van der Waals surface area contributed by atoms with Crippen LogP contribution in [0, 0.1) is 0 Å². The second kappa shape index (κ2) is 5.39. The number of nitrogens with one attached hydrogen (secondary N) is 1. The summed E-state index contributed by atoms with van der Waals surface area (Å²) in [4.78, 5) is 22.5. The molecule has 0 bridgehead atoms. The number of carbonyl (C=O) groups is 2. The number of carbonyl (C=O) groups excluding carboxylic acids is 1. The van der Waals surface area contributed by atoms with Crippen LogP contribution in [0.5, 0.6) is 0 Å². The van der Waals surface area contributed by atoms with E-state index in [0.29, 0.717) is 5.76 Å². The van der Waals surface area contributed by atoms with Crippen LogP contribution in [-0.2, 0) is 16.8 Å². The van der Waals surface area contributed by atoms with Crippen molar-refractivity contribution in [3.63, 3.8) is 0 Å². The molecule has 2 aromatic rings. The first kappa shape index (κ1) is 14.8. The monoisotopic (exact) mass is 292 g/mol.